The Bertz CT molecular complexity index is 2580. The van der Waals surface area contributed by atoms with Crippen LogP contribution in [-0.2, 0) is 0 Å². The molecular weight excluding hydrogens is 601 g/mol. The van der Waals surface area contributed by atoms with Crippen molar-refractivity contribution in [2.24, 2.45) is 0 Å². The SMILES string of the molecule is Cc1ccc(-c2cccc3c4ccccc4n(-c4cccc5c4C(=O)N(c4cc(-c6ccccc6)ccc4-c4ccccc4)C5=O)c23)cc1. The molecule has 232 valence electrons. The van der Waals surface area contributed by atoms with Gasteiger partial charge in [0.2, 0.25) is 0 Å². The minimum atomic E-state index is -0.336. The number of hydrogen-bond acceptors (Lipinski definition) is 2. The molecule has 2 heterocycles. The number of fused-ring (bicyclic) bond motifs is 4. The van der Waals surface area contributed by atoms with Gasteiger partial charge in [-0.1, -0.05) is 145 Å². The summed E-state index contributed by atoms with van der Waals surface area (Å²) in [5, 5.41) is 2.17. The van der Waals surface area contributed by atoms with E-state index in [-0.39, 0.29) is 11.8 Å². The predicted molar refractivity (Wildman–Crippen MR) is 199 cm³/mol. The number of nitrogens with zero attached hydrogens (tertiary/aromatic N) is 2. The minimum absolute atomic E-state index is 0.330. The van der Waals surface area contributed by atoms with Crippen LogP contribution in [0.3, 0.4) is 0 Å². The maximum atomic E-state index is 14.9. The zero-order valence-electron chi connectivity index (χ0n) is 26.8. The molecule has 7 aromatic carbocycles. The third-order valence-corrected chi connectivity index (χ3v) is 9.62. The number of aryl methyl sites for hydroxylation is 1. The van der Waals surface area contributed by atoms with Crippen LogP contribution in [0, 0.1) is 6.92 Å². The third kappa shape index (κ3) is 4.53. The normalized spacial score (nSPS) is 12.6. The number of hydrogen-bond donors (Lipinski definition) is 0. The smallest absolute Gasteiger partial charge is 0.268 e. The lowest BCUT2D eigenvalue weighted by Crippen LogP contribution is -2.30. The number of para-hydroxylation sites is 2. The lowest BCUT2D eigenvalue weighted by atomic mass is 9.97. The summed E-state index contributed by atoms with van der Waals surface area (Å²) in [6.07, 6.45) is 0. The fourth-order valence-electron chi connectivity index (χ4n) is 7.30. The second-order valence-corrected chi connectivity index (χ2v) is 12.5. The van der Waals surface area contributed by atoms with Crippen molar-refractivity contribution in [3.63, 3.8) is 0 Å². The first-order valence-electron chi connectivity index (χ1n) is 16.4. The van der Waals surface area contributed by atoms with E-state index in [1.54, 1.807) is 6.07 Å². The highest BCUT2D eigenvalue weighted by Gasteiger charge is 2.40. The molecule has 1 aliphatic rings. The minimum Gasteiger partial charge on any atom is -0.308 e. The lowest BCUT2D eigenvalue weighted by Gasteiger charge is -2.20. The van der Waals surface area contributed by atoms with Gasteiger partial charge >= 0.3 is 0 Å². The molecule has 1 aromatic heterocycles. The molecule has 0 fully saturated rings. The van der Waals surface area contributed by atoms with E-state index in [0.29, 0.717) is 22.5 Å². The molecule has 4 heteroatoms. The fraction of sp³-hybridized carbons (Fsp3) is 0.0222. The van der Waals surface area contributed by atoms with Crippen LogP contribution in [0.4, 0.5) is 5.69 Å². The molecule has 1 aliphatic heterocycles. The second kappa shape index (κ2) is 11.3. The largest absolute Gasteiger partial charge is 0.308 e. The number of amides is 2. The van der Waals surface area contributed by atoms with E-state index in [4.69, 9.17) is 0 Å². The number of aromatic nitrogens is 1. The highest BCUT2D eigenvalue weighted by molar-refractivity contribution is 6.36. The summed E-state index contributed by atoms with van der Waals surface area (Å²) in [6.45, 7) is 2.09. The van der Waals surface area contributed by atoms with Crippen LogP contribution in [-0.4, -0.2) is 16.4 Å². The molecule has 0 unspecified atom stereocenters. The molecule has 0 aliphatic carbocycles. The lowest BCUT2D eigenvalue weighted by molar-refractivity contribution is 0.0926. The van der Waals surface area contributed by atoms with E-state index in [2.05, 4.69) is 72.2 Å². The average molecular weight is 631 g/mol. The number of anilines is 1. The second-order valence-electron chi connectivity index (χ2n) is 12.5. The maximum absolute atomic E-state index is 14.9. The highest BCUT2D eigenvalue weighted by Crippen LogP contribution is 2.43. The monoisotopic (exact) mass is 630 g/mol. The Morgan fingerprint density at radius 1 is 0.429 bits per heavy atom. The first-order chi connectivity index (χ1) is 24.1. The zero-order valence-corrected chi connectivity index (χ0v) is 26.8. The fourth-order valence-corrected chi connectivity index (χ4v) is 7.30. The molecule has 0 saturated heterocycles. The number of rotatable bonds is 5. The summed E-state index contributed by atoms with van der Waals surface area (Å²) in [6, 6.07) is 54.8. The van der Waals surface area contributed by atoms with Gasteiger partial charge in [-0.2, -0.15) is 0 Å². The summed E-state index contributed by atoms with van der Waals surface area (Å²) in [5.74, 6) is -0.666. The van der Waals surface area contributed by atoms with E-state index in [9.17, 15) is 9.59 Å². The molecule has 0 bridgehead atoms. The third-order valence-electron chi connectivity index (χ3n) is 9.62. The predicted octanol–water partition coefficient (Wildman–Crippen LogP) is 10.9. The summed E-state index contributed by atoms with van der Waals surface area (Å²) in [4.78, 5) is 30.8. The summed E-state index contributed by atoms with van der Waals surface area (Å²) < 4.78 is 2.17. The molecule has 8 aromatic rings. The number of benzene rings is 7. The van der Waals surface area contributed by atoms with Crippen LogP contribution in [0.15, 0.2) is 164 Å². The standard InChI is InChI=1S/C45H30N2O2/c1-29-22-24-32(25-23-29)35-17-10-18-37-36-16-8-9-20-39(36)46(43(35)37)40-21-11-19-38-42(40)45(49)47(44(38)48)41-28-33(30-12-4-2-5-13-30)26-27-34(41)31-14-6-3-7-15-31/h2-28H,1H3. The number of imide groups is 1. The van der Waals surface area contributed by atoms with Crippen LogP contribution in [0.25, 0.3) is 60.9 Å². The van der Waals surface area contributed by atoms with E-state index in [0.717, 1.165) is 55.2 Å². The van der Waals surface area contributed by atoms with Gasteiger partial charge in [-0.15, -0.1) is 0 Å². The van der Waals surface area contributed by atoms with Crippen molar-refractivity contribution in [1.82, 2.24) is 4.57 Å². The molecule has 0 radical (unpaired) electrons. The number of carbonyl (C=O) groups excluding carboxylic acids is 2. The van der Waals surface area contributed by atoms with E-state index >= 15 is 0 Å². The first-order valence-corrected chi connectivity index (χ1v) is 16.4. The van der Waals surface area contributed by atoms with Gasteiger partial charge in [-0.05, 0) is 53.4 Å². The van der Waals surface area contributed by atoms with Crippen molar-refractivity contribution in [1.29, 1.82) is 0 Å². The van der Waals surface area contributed by atoms with Gasteiger partial charge in [0, 0.05) is 21.9 Å². The van der Waals surface area contributed by atoms with Crippen LogP contribution < -0.4 is 4.90 Å². The van der Waals surface area contributed by atoms with Crippen molar-refractivity contribution >= 4 is 39.3 Å². The zero-order chi connectivity index (χ0) is 33.1. The van der Waals surface area contributed by atoms with Crippen molar-refractivity contribution < 1.29 is 9.59 Å². The van der Waals surface area contributed by atoms with Crippen LogP contribution in [0.5, 0.6) is 0 Å². The van der Waals surface area contributed by atoms with E-state index in [1.807, 2.05) is 97.1 Å². The van der Waals surface area contributed by atoms with Gasteiger partial charge < -0.3 is 4.57 Å². The maximum Gasteiger partial charge on any atom is 0.268 e. The molecule has 4 nitrogen and oxygen atoms in total. The van der Waals surface area contributed by atoms with Crippen molar-refractivity contribution in [2.45, 2.75) is 6.92 Å². The van der Waals surface area contributed by atoms with Crippen molar-refractivity contribution in [3.05, 3.63) is 180 Å². The molecule has 0 N–H and O–H groups in total. The van der Waals surface area contributed by atoms with Gasteiger partial charge in [-0.3, -0.25) is 9.59 Å². The van der Waals surface area contributed by atoms with Crippen molar-refractivity contribution in [3.8, 4) is 39.1 Å². The summed E-state index contributed by atoms with van der Waals surface area (Å²) in [5.41, 5.74) is 11.0. The Kier molecular flexibility index (Phi) is 6.63. The highest BCUT2D eigenvalue weighted by atomic mass is 16.2. The van der Waals surface area contributed by atoms with Gasteiger partial charge in [0.25, 0.3) is 11.8 Å². The molecule has 49 heavy (non-hydrogen) atoms. The Morgan fingerprint density at radius 3 is 1.82 bits per heavy atom. The first kappa shape index (κ1) is 28.7. The van der Waals surface area contributed by atoms with E-state index < -0.39 is 0 Å². The molecular formula is C45H30N2O2. The molecule has 2 amide bonds. The van der Waals surface area contributed by atoms with E-state index in [1.165, 1.54) is 10.5 Å². The Balaban J connectivity index is 1.28. The molecule has 0 saturated carbocycles. The quantitative estimate of drug-likeness (QED) is 0.178. The van der Waals surface area contributed by atoms with Gasteiger partial charge in [0.05, 0.1) is 33.5 Å². The topological polar surface area (TPSA) is 42.3 Å². The van der Waals surface area contributed by atoms with Crippen LogP contribution in [0.1, 0.15) is 26.3 Å². The molecule has 0 spiro atoms. The van der Waals surface area contributed by atoms with Crippen LogP contribution >= 0.6 is 0 Å². The number of carbonyl (C=O) groups is 2. The van der Waals surface area contributed by atoms with Crippen molar-refractivity contribution in [2.75, 3.05) is 4.90 Å². The van der Waals surface area contributed by atoms with Gasteiger partial charge in [0.1, 0.15) is 0 Å². The Hall–Kier alpha value is -6.52. The molecule has 0 atom stereocenters. The van der Waals surface area contributed by atoms with Crippen LogP contribution in [0.2, 0.25) is 0 Å². The molecule has 9 rings (SSSR count). The Labute approximate surface area is 284 Å². The summed E-state index contributed by atoms with van der Waals surface area (Å²) >= 11 is 0. The van der Waals surface area contributed by atoms with Gasteiger partial charge in [0.15, 0.2) is 0 Å². The van der Waals surface area contributed by atoms with Gasteiger partial charge in [-0.25, -0.2) is 4.90 Å². The average Bonchev–Trinajstić information content (AvgIpc) is 3.63. The summed E-state index contributed by atoms with van der Waals surface area (Å²) in [7, 11) is 0. The Morgan fingerprint density at radius 2 is 1.04 bits per heavy atom.